The van der Waals surface area contributed by atoms with Gasteiger partial charge in [-0.2, -0.15) is 0 Å². The molecule has 9 nitrogen and oxygen atoms in total. The zero-order chi connectivity index (χ0) is 24.7. The van der Waals surface area contributed by atoms with Crippen molar-refractivity contribution >= 4 is 39.1 Å². The topological polar surface area (TPSA) is 115 Å². The van der Waals surface area contributed by atoms with Crippen molar-refractivity contribution in [1.82, 2.24) is 10.2 Å². The van der Waals surface area contributed by atoms with Crippen molar-refractivity contribution in [2.24, 2.45) is 0 Å². The molecule has 5 rings (SSSR count). The smallest absolute Gasteiger partial charge is 0.296 e. The highest BCUT2D eigenvalue weighted by molar-refractivity contribution is 7.15. The fourth-order valence-corrected chi connectivity index (χ4v) is 4.80. The summed E-state index contributed by atoms with van der Waals surface area (Å²) < 4.78 is 16.8. The molecule has 35 heavy (non-hydrogen) atoms. The average molecular weight is 492 g/mol. The molecule has 0 spiro atoms. The van der Waals surface area contributed by atoms with Crippen LogP contribution in [0.5, 0.6) is 11.5 Å². The summed E-state index contributed by atoms with van der Waals surface area (Å²) in [5.74, 6) is -1.07. The molecule has 0 fully saturated rings. The molecule has 0 saturated heterocycles. The Kier molecular flexibility index (Phi) is 5.73. The van der Waals surface area contributed by atoms with E-state index in [2.05, 4.69) is 10.2 Å². The summed E-state index contributed by atoms with van der Waals surface area (Å²) in [7, 11) is 1.50. The lowest BCUT2D eigenvalue weighted by Crippen LogP contribution is -2.31. The summed E-state index contributed by atoms with van der Waals surface area (Å²) >= 11 is 1.18. The van der Waals surface area contributed by atoms with Gasteiger partial charge in [0.2, 0.25) is 10.9 Å². The minimum Gasteiger partial charge on any atom is -0.503 e. The van der Waals surface area contributed by atoms with E-state index in [9.17, 15) is 14.7 Å². The number of carbonyl (C=O) groups is 2. The van der Waals surface area contributed by atoms with Gasteiger partial charge in [0.15, 0.2) is 23.0 Å². The van der Waals surface area contributed by atoms with Crippen LogP contribution in [0.1, 0.15) is 34.1 Å². The summed E-state index contributed by atoms with van der Waals surface area (Å²) in [6.07, 6.45) is 0. The van der Waals surface area contributed by atoms with Gasteiger partial charge in [0, 0.05) is 5.39 Å². The first kappa shape index (κ1) is 22.6. The lowest BCUT2D eigenvalue weighted by Gasteiger charge is -2.24. The van der Waals surface area contributed by atoms with E-state index in [0.29, 0.717) is 34.3 Å². The first-order chi connectivity index (χ1) is 16.9. The van der Waals surface area contributed by atoms with E-state index < -0.39 is 23.5 Å². The molecule has 1 N–H and O–H groups in total. The van der Waals surface area contributed by atoms with Gasteiger partial charge in [0.25, 0.3) is 5.91 Å². The van der Waals surface area contributed by atoms with Gasteiger partial charge >= 0.3 is 0 Å². The second-order valence-corrected chi connectivity index (χ2v) is 8.92. The molecule has 178 valence electrons. The highest BCUT2D eigenvalue weighted by atomic mass is 32.1. The number of ketones is 1. The summed E-state index contributed by atoms with van der Waals surface area (Å²) in [6.45, 7) is 4.04. The predicted octanol–water partition coefficient (Wildman–Crippen LogP) is 4.78. The average Bonchev–Trinajstić information content (AvgIpc) is 3.55. The number of amides is 1. The molecule has 10 heteroatoms. The first-order valence-corrected chi connectivity index (χ1v) is 11.6. The van der Waals surface area contributed by atoms with Gasteiger partial charge in [-0.25, -0.2) is 0 Å². The van der Waals surface area contributed by atoms with E-state index in [1.165, 1.54) is 23.3 Å². The molecule has 3 heterocycles. The molecule has 1 atom stereocenters. The Bertz CT molecular complexity index is 1450. The number of Topliss-reactive ketones (excluding diaryl/α,β-unsaturated/α-hetero) is 1. The molecule has 0 unspecified atom stereocenters. The number of carbonyl (C=O) groups excluding carboxylic acids is 2. The van der Waals surface area contributed by atoms with Crippen LogP contribution in [0, 0.1) is 6.92 Å². The standard InChI is InChI=1S/C25H21N3O6S/c1-4-33-17-10-9-15(12-18(17)32-3)21-20(22(29)19-11-14-7-5-6-8-16(14)34-19)23(30)24(31)28(21)25-27-26-13(2)35-25/h5-12,21,30H,4H2,1-3H3/t21-/m1/s1. The highest BCUT2D eigenvalue weighted by Gasteiger charge is 2.47. The molecule has 0 aliphatic carbocycles. The maximum absolute atomic E-state index is 13.7. The van der Waals surface area contributed by atoms with Crippen LogP contribution in [-0.4, -0.2) is 40.7 Å². The maximum atomic E-state index is 13.7. The molecule has 4 aromatic rings. The van der Waals surface area contributed by atoms with Crippen LogP contribution in [0.3, 0.4) is 0 Å². The fourth-order valence-electron chi connectivity index (χ4n) is 4.09. The number of aromatic nitrogens is 2. The SMILES string of the molecule is CCOc1ccc([C@@H]2C(C(=O)c3cc4ccccc4o3)=C(O)C(=O)N2c2nnc(C)s2)cc1OC. The Labute approximate surface area is 204 Å². The van der Waals surface area contributed by atoms with Crippen LogP contribution in [0.2, 0.25) is 0 Å². The number of rotatable bonds is 7. The van der Waals surface area contributed by atoms with E-state index in [4.69, 9.17) is 13.9 Å². The van der Waals surface area contributed by atoms with Crippen molar-refractivity contribution in [1.29, 1.82) is 0 Å². The molecular formula is C25H21N3O6S. The molecule has 2 aromatic carbocycles. The van der Waals surface area contributed by atoms with Gasteiger partial charge in [-0.15, -0.1) is 10.2 Å². The lowest BCUT2D eigenvalue weighted by molar-refractivity contribution is -0.117. The number of benzene rings is 2. The quantitative estimate of drug-likeness (QED) is 0.367. The third-order valence-electron chi connectivity index (χ3n) is 5.63. The van der Waals surface area contributed by atoms with Gasteiger partial charge in [-0.1, -0.05) is 35.6 Å². The molecule has 1 amide bonds. The number of methoxy groups -OCH3 is 1. The van der Waals surface area contributed by atoms with E-state index in [1.807, 2.05) is 19.1 Å². The van der Waals surface area contributed by atoms with Crippen LogP contribution in [-0.2, 0) is 4.79 Å². The van der Waals surface area contributed by atoms with Crippen molar-refractivity contribution in [3.8, 4) is 11.5 Å². The Balaban J connectivity index is 1.66. The number of aryl methyl sites for hydroxylation is 1. The van der Waals surface area contributed by atoms with Crippen molar-refractivity contribution in [2.45, 2.75) is 19.9 Å². The minimum atomic E-state index is -0.986. The number of aliphatic hydroxyl groups is 1. The number of fused-ring (bicyclic) bond motifs is 1. The number of aliphatic hydroxyl groups excluding tert-OH is 1. The molecule has 1 aliphatic heterocycles. The van der Waals surface area contributed by atoms with Gasteiger partial charge in [0.05, 0.1) is 25.3 Å². The van der Waals surface area contributed by atoms with Crippen LogP contribution >= 0.6 is 11.3 Å². The zero-order valence-electron chi connectivity index (χ0n) is 19.1. The third kappa shape index (κ3) is 3.81. The molecule has 0 saturated carbocycles. The first-order valence-electron chi connectivity index (χ1n) is 10.8. The number of hydrogen-bond acceptors (Lipinski definition) is 9. The fraction of sp³-hybridized carbons (Fsp3) is 0.200. The monoisotopic (exact) mass is 491 g/mol. The molecule has 2 aromatic heterocycles. The Morgan fingerprint density at radius 2 is 1.97 bits per heavy atom. The summed E-state index contributed by atoms with van der Waals surface area (Å²) in [6, 6.07) is 12.9. The van der Waals surface area contributed by atoms with Crippen LogP contribution in [0.15, 0.2) is 64.3 Å². The molecular weight excluding hydrogens is 470 g/mol. The van der Waals surface area contributed by atoms with Crippen molar-refractivity contribution in [2.75, 3.05) is 18.6 Å². The minimum absolute atomic E-state index is 0.0127. The Morgan fingerprint density at radius 3 is 2.66 bits per heavy atom. The maximum Gasteiger partial charge on any atom is 0.296 e. The van der Waals surface area contributed by atoms with Crippen molar-refractivity contribution in [3.63, 3.8) is 0 Å². The van der Waals surface area contributed by atoms with Crippen LogP contribution in [0.25, 0.3) is 11.0 Å². The number of nitrogens with zero attached hydrogens (tertiary/aromatic N) is 3. The second-order valence-electron chi connectivity index (χ2n) is 7.76. The molecule has 1 aliphatic rings. The predicted molar refractivity (Wildman–Crippen MR) is 129 cm³/mol. The van der Waals surface area contributed by atoms with Gasteiger partial charge in [-0.05, 0) is 43.7 Å². The lowest BCUT2D eigenvalue weighted by atomic mass is 9.95. The van der Waals surface area contributed by atoms with E-state index in [-0.39, 0.29) is 16.5 Å². The van der Waals surface area contributed by atoms with Gasteiger partial charge in [0.1, 0.15) is 10.6 Å². The molecule has 0 bridgehead atoms. The van der Waals surface area contributed by atoms with Crippen LogP contribution in [0.4, 0.5) is 5.13 Å². The largest absolute Gasteiger partial charge is 0.503 e. The second kappa shape index (κ2) is 8.88. The van der Waals surface area contributed by atoms with Gasteiger partial charge in [-0.3, -0.25) is 14.5 Å². The van der Waals surface area contributed by atoms with E-state index in [0.717, 1.165) is 5.39 Å². The molecule has 0 radical (unpaired) electrons. The van der Waals surface area contributed by atoms with Gasteiger partial charge < -0.3 is 19.0 Å². The number of para-hydroxylation sites is 1. The third-order valence-corrected chi connectivity index (χ3v) is 6.46. The number of ether oxygens (including phenoxy) is 2. The summed E-state index contributed by atoms with van der Waals surface area (Å²) in [5.41, 5.74) is 0.930. The normalized spacial score (nSPS) is 15.8. The summed E-state index contributed by atoms with van der Waals surface area (Å²) in [5, 5.41) is 20.6. The highest BCUT2D eigenvalue weighted by Crippen LogP contribution is 2.44. The Morgan fingerprint density at radius 1 is 1.17 bits per heavy atom. The Hall–Kier alpha value is -4.18. The van der Waals surface area contributed by atoms with Crippen molar-refractivity contribution in [3.05, 3.63) is 76.2 Å². The number of hydrogen-bond donors (Lipinski definition) is 1. The van der Waals surface area contributed by atoms with E-state index >= 15 is 0 Å². The van der Waals surface area contributed by atoms with E-state index in [1.54, 1.807) is 43.3 Å². The number of furan rings is 1. The summed E-state index contributed by atoms with van der Waals surface area (Å²) in [4.78, 5) is 28.2. The van der Waals surface area contributed by atoms with Crippen LogP contribution < -0.4 is 14.4 Å². The number of anilines is 1. The van der Waals surface area contributed by atoms with Crippen molar-refractivity contribution < 1.29 is 28.6 Å². The zero-order valence-corrected chi connectivity index (χ0v) is 20.0.